The van der Waals surface area contributed by atoms with Crippen LogP contribution in [0.25, 0.3) is 0 Å². The molecule has 1 saturated heterocycles. The van der Waals surface area contributed by atoms with Crippen LogP contribution in [0.5, 0.6) is 0 Å². The van der Waals surface area contributed by atoms with E-state index in [0.29, 0.717) is 18.5 Å². The van der Waals surface area contributed by atoms with Crippen LogP contribution < -0.4 is 10.6 Å². The maximum atomic E-state index is 12.7. The molecule has 2 N–H and O–H groups in total. The van der Waals surface area contributed by atoms with Gasteiger partial charge in [0.1, 0.15) is 12.1 Å². The molecule has 4 amide bonds. The summed E-state index contributed by atoms with van der Waals surface area (Å²) in [7, 11) is 0. The number of amides is 4. The summed E-state index contributed by atoms with van der Waals surface area (Å²) in [4.78, 5) is 38.1. The monoisotopic (exact) mass is 441 g/mol. The van der Waals surface area contributed by atoms with Crippen molar-refractivity contribution in [3.05, 3.63) is 27.3 Å². The highest BCUT2D eigenvalue weighted by molar-refractivity contribution is 14.1. The van der Waals surface area contributed by atoms with Crippen LogP contribution >= 0.6 is 22.6 Å². The normalized spacial score (nSPS) is 19.5. The van der Waals surface area contributed by atoms with E-state index < -0.39 is 11.6 Å². The van der Waals surface area contributed by atoms with Crippen molar-refractivity contribution in [2.24, 2.45) is 0 Å². The number of anilines is 1. The Hall–Kier alpha value is -1.64. The van der Waals surface area contributed by atoms with Gasteiger partial charge in [0, 0.05) is 9.26 Å². The predicted octanol–water partition coefficient (Wildman–Crippen LogP) is 2.79. The van der Waals surface area contributed by atoms with E-state index in [4.69, 9.17) is 0 Å². The largest absolute Gasteiger partial charge is 0.325 e. The van der Waals surface area contributed by atoms with Crippen LogP contribution in [-0.2, 0) is 9.59 Å². The smallest absolute Gasteiger partial charge is 0.324 e. The van der Waals surface area contributed by atoms with Crippen molar-refractivity contribution in [3.8, 4) is 0 Å². The van der Waals surface area contributed by atoms with Crippen LogP contribution in [0.4, 0.5) is 10.5 Å². The molecular weight excluding hydrogens is 421 g/mol. The van der Waals surface area contributed by atoms with Crippen LogP contribution in [0.2, 0.25) is 0 Å². The van der Waals surface area contributed by atoms with Gasteiger partial charge >= 0.3 is 6.03 Å². The Morgan fingerprint density at radius 1 is 1.29 bits per heavy atom. The average Bonchev–Trinajstić information content (AvgIpc) is 2.75. The molecule has 0 unspecified atom stereocenters. The Bertz CT molecular complexity index is 698. The van der Waals surface area contributed by atoms with Gasteiger partial charge in [0.05, 0.1) is 0 Å². The average molecular weight is 441 g/mol. The Morgan fingerprint density at radius 3 is 2.67 bits per heavy atom. The number of halogens is 1. The molecule has 1 heterocycles. The second-order valence-electron chi connectivity index (χ2n) is 6.47. The van der Waals surface area contributed by atoms with Crippen molar-refractivity contribution in [1.29, 1.82) is 0 Å². The van der Waals surface area contributed by atoms with Crippen molar-refractivity contribution in [2.45, 2.75) is 44.6 Å². The molecule has 24 heavy (non-hydrogen) atoms. The lowest BCUT2D eigenvalue weighted by atomic mass is 9.82. The first-order valence-electron chi connectivity index (χ1n) is 8.11. The summed E-state index contributed by atoms with van der Waals surface area (Å²) in [5.74, 6) is -0.627. The van der Waals surface area contributed by atoms with Crippen LogP contribution in [0.15, 0.2) is 18.2 Å². The van der Waals surface area contributed by atoms with Crippen molar-refractivity contribution in [3.63, 3.8) is 0 Å². The highest BCUT2D eigenvalue weighted by atomic mass is 127. The van der Waals surface area contributed by atoms with Gasteiger partial charge in [0.15, 0.2) is 0 Å². The number of benzene rings is 1. The second-order valence-corrected chi connectivity index (χ2v) is 7.72. The van der Waals surface area contributed by atoms with Gasteiger partial charge in [-0.3, -0.25) is 14.5 Å². The van der Waals surface area contributed by atoms with Crippen LogP contribution in [0.1, 0.15) is 37.7 Å². The second kappa shape index (κ2) is 6.70. The molecule has 2 aliphatic rings. The van der Waals surface area contributed by atoms with E-state index in [-0.39, 0.29) is 18.4 Å². The zero-order valence-corrected chi connectivity index (χ0v) is 15.7. The van der Waals surface area contributed by atoms with Gasteiger partial charge in [0.25, 0.3) is 5.91 Å². The van der Waals surface area contributed by atoms with Gasteiger partial charge in [-0.2, -0.15) is 0 Å². The molecule has 1 aliphatic carbocycles. The summed E-state index contributed by atoms with van der Waals surface area (Å²) >= 11 is 2.20. The van der Waals surface area contributed by atoms with Gasteiger partial charge in [-0.05, 0) is 66.1 Å². The fraction of sp³-hybridized carbons (Fsp3) is 0.471. The number of carbonyl (C=O) groups excluding carboxylic acids is 3. The lowest BCUT2D eigenvalue weighted by Crippen LogP contribution is -2.48. The topological polar surface area (TPSA) is 78.5 Å². The molecule has 1 aliphatic heterocycles. The van der Waals surface area contributed by atoms with E-state index >= 15 is 0 Å². The van der Waals surface area contributed by atoms with Crippen LogP contribution in [0.3, 0.4) is 0 Å². The van der Waals surface area contributed by atoms with Crippen LogP contribution in [0, 0.1) is 10.5 Å². The maximum absolute atomic E-state index is 12.7. The Kier molecular flexibility index (Phi) is 4.80. The third-order valence-electron chi connectivity index (χ3n) is 4.72. The first-order chi connectivity index (χ1) is 11.4. The fourth-order valence-corrected chi connectivity index (χ4v) is 4.06. The van der Waals surface area contributed by atoms with Crippen molar-refractivity contribution >= 4 is 46.1 Å². The SMILES string of the molecule is Cc1cc(I)ccc1NC(=O)CN1C(=O)NC2(CCCCC2)C1=O. The first-order valence-corrected chi connectivity index (χ1v) is 9.19. The van der Waals surface area contributed by atoms with E-state index in [1.165, 1.54) is 0 Å². The third-order valence-corrected chi connectivity index (χ3v) is 5.39. The Balaban J connectivity index is 1.68. The van der Waals surface area contributed by atoms with Crippen LogP contribution in [-0.4, -0.2) is 34.8 Å². The molecule has 3 rings (SSSR count). The first kappa shape index (κ1) is 17.2. The predicted molar refractivity (Wildman–Crippen MR) is 98.6 cm³/mol. The zero-order valence-electron chi connectivity index (χ0n) is 13.5. The lowest BCUT2D eigenvalue weighted by molar-refractivity contribution is -0.134. The summed E-state index contributed by atoms with van der Waals surface area (Å²) in [6.07, 6.45) is 4.25. The van der Waals surface area contributed by atoms with Crippen molar-refractivity contribution in [2.75, 3.05) is 11.9 Å². The number of hydrogen-bond donors (Lipinski definition) is 2. The van der Waals surface area contributed by atoms with E-state index in [1.807, 2.05) is 25.1 Å². The number of rotatable bonds is 3. The summed E-state index contributed by atoms with van der Waals surface area (Å²) in [6, 6.07) is 5.22. The van der Waals surface area contributed by atoms with E-state index in [0.717, 1.165) is 33.3 Å². The summed E-state index contributed by atoms with van der Waals surface area (Å²) in [5.41, 5.74) is 0.852. The van der Waals surface area contributed by atoms with Gasteiger partial charge in [-0.15, -0.1) is 0 Å². The number of hydrogen-bond acceptors (Lipinski definition) is 3. The van der Waals surface area contributed by atoms with Gasteiger partial charge in [-0.1, -0.05) is 19.3 Å². The van der Waals surface area contributed by atoms with E-state index in [2.05, 4.69) is 33.2 Å². The lowest BCUT2D eigenvalue weighted by Gasteiger charge is -2.30. The number of nitrogens with zero attached hydrogens (tertiary/aromatic N) is 1. The molecule has 1 saturated carbocycles. The molecule has 1 aromatic carbocycles. The minimum absolute atomic E-state index is 0.252. The summed E-state index contributed by atoms with van der Waals surface area (Å²) in [5, 5.41) is 5.59. The third kappa shape index (κ3) is 3.26. The van der Waals surface area contributed by atoms with Gasteiger partial charge in [-0.25, -0.2) is 4.79 Å². The highest BCUT2D eigenvalue weighted by Gasteiger charge is 2.51. The number of carbonyl (C=O) groups is 3. The number of nitrogens with one attached hydrogen (secondary N) is 2. The molecule has 0 aromatic heterocycles. The van der Waals surface area contributed by atoms with E-state index in [1.54, 1.807) is 0 Å². The molecule has 2 fully saturated rings. The molecule has 7 heteroatoms. The molecular formula is C17H20IN3O3. The minimum Gasteiger partial charge on any atom is -0.324 e. The summed E-state index contributed by atoms with van der Waals surface area (Å²) < 4.78 is 1.08. The quantitative estimate of drug-likeness (QED) is 0.560. The molecule has 0 radical (unpaired) electrons. The molecule has 1 spiro atoms. The van der Waals surface area contributed by atoms with Crippen molar-refractivity contribution in [1.82, 2.24) is 10.2 Å². The van der Waals surface area contributed by atoms with Gasteiger partial charge in [0.2, 0.25) is 5.91 Å². The van der Waals surface area contributed by atoms with Gasteiger partial charge < -0.3 is 10.6 Å². The minimum atomic E-state index is -0.783. The Morgan fingerprint density at radius 2 is 2.00 bits per heavy atom. The maximum Gasteiger partial charge on any atom is 0.325 e. The molecule has 0 atom stereocenters. The Labute approximate surface area is 154 Å². The number of imide groups is 1. The zero-order chi connectivity index (χ0) is 17.3. The molecule has 0 bridgehead atoms. The van der Waals surface area contributed by atoms with E-state index in [9.17, 15) is 14.4 Å². The summed E-state index contributed by atoms with van der Waals surface area (Å²) in [6.45, 7) is 1.65. The molecule has 128 valence electrons. The number of aryl methyl sites for hydroxylation is 1. The number of urea groups is 1. The van der Waals surface area contributed by atoms with Crippen molar-refractivity contribution < 1.29 is 14.4 Å². The fourth-order valence-electron chi connectivity index (χ4n) is 3.41. The standard InChI is InChI=1S/C17H20IN3O3/c1-11-9-12(18)5-6-13(11)19-14(22)10-21-15(23)17(20-16(21)24)7-3-2-4-8-17/h5-6,9H,2-4,7-8,10H2,1H3,(H,19,22)(H,20,24). The molecule has 1 aromatic rings. The highest BCUT2D eigenvalue weighted by Crippen LogP contribution is 2.33. The molecule has 6 nitrogen and oxygen atoms in total.